The van der Waals surface area contributed by atoms with Gasteiger partial charge < -0.3 is 0 Å². The van der Waals surface area contributed by atoms with Gasteiger partial charge in [0.2, 0.25) is 0 Å². The summed E-state index contributed by atoms with van der Waals surface area (Å²) in [4.78, 5) is 0. The summed E-state index contributed by atoms with van der Waals surface area (Å²) < 4.78 is 51.9. The van der Waals surface area contributed by atoms with Crippen LogP contribution in [-0.4, -0.2) is 16.0 Å². The molecule has 2 rings (SSSR count). The van der Waals surface area contributed by atoms with Crippen LogP contribution in [0.5, 0.6) is 0 Å². The zero-order chi connectivity index (χ0) is 15.8. The van der Waals surface area contributed by atoms with Crippen molar-refractivity contribution < 1.29 is 17.6 Å². The number of nitrogens with zero attached hydrogens (tertiary/aromatic N) is 2. The maximum absolute atomic E-state index is 13.0. The molecule has 2 aromatic rings. The molecule has 0 radical (unpaired) electrons. The number of hydrogen-bond acceptors (Lipinski definition) is 1. The van der Waals surface area contributed by atoms with Crippen LogP contribution in [0.1, 0.15) is 26.5 Å². The van der Waals surface area contributed by atoms with Crippen molar-refractivity contribution in [3.8, 4) is 11.3 Å². The third-order valence-corrected chi connectivity index (χ3v) is 3.02. The molecular formula is C15H16F4N2. The number of hydrogen-bond donors (Lipinski definition) is 0. The van der Waals surface area contributed by atoms with Gasteiger partial charge in [-0.25, -0.2) is 4.39 Å². The highest BCUT2D eigenvalue weighted by Crippen LogP contribution is 2.29. The van der Waals surface area contributed by atoms with Crippen LogP contribution in [0.15, 0.2) is 30.3 Å². The molecule has 0 aliphatic heterocycles. The molecule has 2 nitrogen and oxygen atoms in total. The highest BCUT2D eigenvalue weighted by atomic mass is 19.4. The van der Waals surface area contributed by atoms with E-state index in [1.165, 1.54) is 24.3 Å². The van der Waals surface area contributed by atoms with Crippen LogP contribution in [0.3, 0.4) is 0 Å². The molecule has 0 aliphatic rings. The van der Waals surface area contributed by atoms with Crippen LogP contribution >= 0.6 is 0 Å². The Labute approximate surface area is 120 Å². The molecule has 1 aromatic heterocycles. The van der Waals surface area contributed by atoms with Gasteiger partial charge in [0.05, 0.1) is 11.4 Å². The van der Waals surface area contributed by atoms with E-state index in [1.54, 1.807) is 6.07 Å². The summed E-state index contributed by atoms with van der Waals surface area (Å²) in [5, 5.41) is 4.07. The molecular weight excluding hydrogens is 284 g/mol. The van der Waals surface area contributed by atoms with E-state index in [9.17, 15) is 17.6 Å². The minimum absolute atomic E-state index is 0.331. The first-order valence-electron chi connectivity index (χ1n) is 6.47. The molecule has 1 aromatic carbocycles. The Balaban J connectivity index is 2.51. The van der Waals surface area contributed by atoms with Crippen molar-refractivity contribution >= 4 is 0 Å². The summed E-state index contributed by atoms with van der Waals surface area (Å²) in [5.41, 5.74) is 1.03. The van der Waals surface area contributed by atoms with Gasteiger partial charge in [0.25, 0.3) is 0 Å². The topological polar surface area (TPSA) is 17.8 Å². The van der Waals surface area contributed by atoms with Crippen LogP contribution < -0.4 is 0 Å². The minimum Gasteiger partial charge on any atom is -0.255 e. The highest BCUT2D eigenvalue weighted by molar-refractivity contribution is 5.60. The summed E-state index contributed by atoms with van der Waals surface area (Å²) in [7, 11) is 0. The van der Waals surface area contributed by atoms with E-state index in [0.29, 0.717) is 17.0 Å². The van der Waals surface area contributed by atoms with Gasteiger partial charge in [0.15, 0.2) is 0 Å². The Hall–Kier alpha value is -1.85. The summed E-state index contributed by atoms with van der Waals surface area (Å²) in [6, 6.07) is 6.96. The Kier molecular flexibility index (Phi) is 3.82. The van der Waals surface area contributed by atoms with Crippen LogP contribution in [-0.2, 0) is 12.0 Å². The minimum atomic E-state index is -4.37. The molecule has 21 heavy (non-hydrogen) atoms. The molecule has 0 fully saturated rings. The van der Waals surface area contributed by atoms with Crippen molar-refractivity contribution in [2.75, 3.05) is 0 Å². The Bertz CT molecular complexity index is 619. The fraction of sp³-hybridized carbons (Fsp3) is 0.400. The summed E-state index contributed by atoms with van der Waals surface area (Å²) in [6.07, 6.45) is -4.37. The standard InChI is InChI=1S/C15H16F4N2/c1-14(2,3)13-8-12(10-4-6-11(16)7-5-10)21(20-13)9-15(17,18)19/h4-8H,9H2,1-3H3. The fourth-order valence-corrected chi connectivity index (χ4v) is 1.93. The molecule has 6 heteroatoms. The van der Waals surface area contributed by atoms with E-state index in [2.05, 4.69) is 5.10 Å². The second-order valence-corrected chi connectivity index (χ2v) is 5.94. The van der Waals surface area contributed by atoms with Gasteiger partial charge >= 0.3 is 6.18 Å². The van der Waals surface area contributed by atoms with Gasteiger partial charge in [-0.15, -0.1) is 0 Å². The number of alkyl halides is 3. The number of halogens is 4. The van der Waals surface area contributed by atoms with Crippen LogP contribution in [0.25, 0.3) is 11.3 Å². The first-order valence-corrected chi connectivity index (χ1v) is 6.47. The SMILES string of the molecule is CC(C)(C)c1cc(-c2ccc(F)cc2)n(CC(F)(F)F)n1. The van der Waals surface area contributed by atoms with Gasteiger partial charge in [-0.1, -0.05) is 20.8 Å². The predicted octanol–water partition coefficient (Wildman–Crippen LogP) is 4.55. The molecule has 0 saturated heterocycles. The maximum atomic E-state index is 13.0. The van der Waals surface area contributed by atoms with Crippen molar-refractivity contribution in [3.63, 3.8) is 0 Å². The predicted molar refractivity (Wildman–Crippen MR) is 72.4 cm³/mol. The van der Waals surface area contributed by atoms with Crippen molar-refractivity contribution in [3.05, 3.63) is 41.8 Å². The van der Waals surface area contributed by atoms with E-state index < -0.39 is 18.5 Å². The normalized spacial score (nSPS) is 12.7. The number of rotatable bonds is 2. The Morgan fingerprint density at radius 1 is 1.05 bits per heavy atom. The third kappa shape index (κ3) is 3.83. The molecule has 0 unspecified atom stereocenters. The monoisotopic (exact) mass is 300 g/mol. The second-order valence-electron chi connectivity index (χ2n) is 5.94. The van der Waals surface area contributed by atoms with Crippen molar-refractivity contribution in [2.24, 2.45) is 0 Å². The van der Waals surface area contributed by atoms with Crippen LogP contribution in [0.4, 0.5) is 17.6 Å². The zero-order valence-electron chi connectivity index (χ0n) is 12.0. The van der Waals surface area contributed by atoms with Crippen molar-refractivity contribution in [2.45, 2.75) is 38.9 Å². The van der Waals surface area contributed by atoms with Crippen LogP contribution in [0.2, 0.25) is 0 Å². The van der Waals surface area contributed by atoms with Crippen molar-refractivity contribution in [1.82, 2.24) is 9.78 Å². The summed E-state index contributed by atoms with van der Waals surface area (Å²) >= 11 is 0. The lowest BCUT2D eigenvalue weighted by molar-refractivity contribution is -0.142. The quantitative estimate of drug-likeness (QED) is 0.744. The van der Waals surface area contributed by atoms with E-state index in [0.717, 1.165) is 4.68 Å². The average molecular weight is 300 g/mol. The molecule has 0 atom stereocenters. The largest absolute Gasteiger partial charge is 0.408 e. The summed E-state index contributed by atoms with van der Waals surface area (Å²) in [6.45, 7) is 4.46. The fourth-order valence-electron chi connectivity index (χ4n) is 1.93. The van der Waals surface area contributed by atoms with Crippen molar-refractivity contribution in [1.29, 1.82) is 0 Å². The number of aromatic nitrogens is 2. The molecule has 0 bridgehead atoms. The molecule has 0 N–H and O–H groups in total. The van der Waals surface area contributed by atoms with Gasteiger partial charge in [-0.2, -0.15) is 18.3 Å². The highest BCUT2D eigenvalue weighted by Gasteiger charge is 2.31. The Morgan fingerprint density at radius 2 is 1.62 bits per heavy atom. The molecule has 1 heterocycles. The second kappa shape index (κ2) is 5.16. The molecule has 0 saturated carbocycles. The van der Waals surface area contributed by atoms with E-state index in [4.69, 9.17) is 0 Å². The van der Waals surface area contributed by atoms with E-state index in [1.807, 2.05) is 20.8 Å². The maximum Gasteiger partial charge on any atom is 0.408 e. The first kappa shape index (κ1) is 15.5. The van der Waals surface area contributed by atoms with E-state index in [-0.39, 0.29) is 5.41 Å². The summed E-state index contributed by atoms with van der Waals surface area (Å²) in [5.74, 6) is -0.434. The van der Waals surface area contributed by atoms with E-state index >= 15 is 0 Å². The lowest BCUT2D eigenvalue weighted by Gasteiger charge is -2.14. The average Bonchev–Trinajstić information content (AvgIpc) is 2.71. The van der Waals surface area contributed by atoms with Gasteiger partial charge in [-0.05, 0) is 30.3 Å². The molecule has 114 valence electrons. The van der Waals surface area contributed by atoms with Gasteiger partial charge in [-0.3, -0.25) is 4.68 Å². The van der Waals surface area contributed by atoms with Gasteiger partial charge in [0, 0.05) is 11.0 Å². The van der Waals surface area contributed by atoms with Crippen LogP contribution in [0, 0.1) is 5.82 Å². The lowest BCUT2D eigenvalue weighted by atomic mass is 9.92. The molecule has 0 spiro atoms. The molecule has 0 amide bonds. The number of benzene rings is 1. The van der Waals surface area contributed by atoms with Gasteiger partial charge in [0.1, 0.15) is 12.4 Å². The smallest absolute Gasteiger partial charge is 0.255 e. The Morgan fingerprint density at radius 3 is 2.10 bits per heavy atom. The zero-order valence-corrected chi connectivity index (χ0v) is 12.0. The lowest BCUT2D eigenvalue weighted by Crippen LogP contribution is -2.20. The first-order chi connectivity index (χ1) is 9.56. The third-order valence-electron chi connectivity index (χ3n) is 3.02. The molecule has 0 aliphatic carbocycles.